The van der Waals surface area contributed by atoms with E-state index in [0.29, 0.717) is 69.4 Å². The van der Waals surface area contributed by atoms with Gasteiger partial charge in [-0.2, -0.15) is 26.3 Å². The van der Waals surface area contributed by atoms with Gasteiger partial charge in [0.2, 0.25) is 11.8 Å². The predicted molar refractivity (Wildman–Crippen MR) is 330 cm³/mol. The molecule has 6 aliphatic rings. The van der Waals surface area contributed by atoms with Crippen molar-refractivity contribution in [2.24, 2.45) is 5.73 Å². The number of nitrogens with one attached hydrogen (secondary N) is 1. The van der Waals surface area contributed by atoms with Crippen LogP contribution in [0.4, 0.5) is 52.1 Å². The number of fused-ring (bicyclic) bond motifs is 2. The van der Waals surface area contributed by atoms with Crippen molar-refractivity contribution in [1.29, 1.82) is 0 Å². The number of benzene rings is 3. The monoisotopic (exact) mass is 1300 g/mol. The van der Waals surface area contributed by atoms with Crippen molar-refractivity contribution in [2.75, 3.05) is 62.2 Å². The lowest BCUT2D eigenvalue weighted by molar-refractivity contribution is -0.139. The molecule has 2 saturated heterocycles. The number of alkyl carbamates (subject to hydrolysis) is 1. The first-order valence-corrected chi connectivity index (χ1v) is 32.5. The summed E-state index contributed by atoms with van der Waals surface area (Å²) in [6.07, 6.45) is -5.46. The fraction of sp³-hybridized carbons (Fsp3) is 0.609. The van der Waals surface area contributed by atoms with E-state index in [-0.39, 0.29) is 74.0 Å². The van der Waals surface area contributed by atoms with Gasteiger partial charge in [0.15, 0.2) is 0 Å². The zero-order valence-electron chi connectivity index (χ0n) is 52.9. The quantitative estimate of drug-likeness (QED) is 0.121. The lowest BCUT2D eigenvalue weighted by Gasteiger charge is -2.47. The van der Waals surface area contributed by atoms with Crippen molar-refractivity contribution in [3.05, 3.63) is 82.4 Å². The minimum atomic E-state index is -4.86. The Balaban J connectivity index is 0.000000238. The third kappa shape index (κ3) is 15.7. The Bertz CT molecular complexity index is 3170. The van der Waals surface area contributed by atoms with Crippen LogP contribution in [-0.4, -0.2) is 159 Å². The number of anilines is 2. The van der Waals surface area contributed by atoms with Crippen LogP contribution in [0.25, 0.3) is 0 Å². The van der Waals surface area contributed by atoms with Crippen LogP contribution in [0.3, 0.4) is 0 Å². The number of hydrogen-bond acceptors (Lipinski definition) is 13. The summed E-state index contributed by atoms with van der Waals surface area (Å²) in [4.78, 5) is 103. The van der Waals surface area contributed by atoms with Crippen LogP contribution in [0, 0.1) is 0 Å². The second kappa shape index (κ2) is 27.4. The lowest BCUT2D eigenvalue weighted by atomic mass is 9.82. The first-order chi connectivity index (χ1) is 42.1. The number of thioether (sulfide) groups is 2. The van der Waals surface area contributed by atoms with Gasteiger partial charge in [0.05, 0.1) is 55.2 Å². The van der Waals surface area contributed by atoms with E-state index in [4.69, 9.17) is 19.9 Å². The van der Waals surface area contributed by atoms with Gasteiger partial charge in [-0.1, -0.05) is 30.3 Å². The molecule has 7 amide bonds. The summed E-state index contributed by atoms with van der Waals surface area (Å²) < 4.78 is 102. The Morgan fingerprint density at radius 1 is 0.633 bits per heavy atom. The topological polar surface area (TPSA) is 205 Å². The van der Waals surface area contributed by atoms with Gasteiger partial charge in [-0.15, -0.1) is 23.5 Å². The van der Waals surface area contributed by atoms with Gasteiger partial charge in [-0.25, -0.2) is 14.4 Å². The summed E-state index contributed by atoms with van der Waals surface area (Å²) in [5.41, 5.74) is 2.45. The van der Waals surface area contributed by atoms with Crippen molar-refractivity contribution in [3.63, 3.8) is 0 Å². The molecule has 0 bridgehead atoms. The summed E-state index contributed by atoms with van der Waals surface area (Å²) in [5.74, 6) is -2.05. The number of likely N-dealkylation sites (tertiary alicyclic amines) is 2. The Morgan fingerprint density at radius 2 is 1.04 bits per heavy atom. The zero-order chi connectivity index (χ0) is 66.1. The van der Waals surface area contributed by atoms with Gasteiger partial charge >= 0.3 is 30.6 Å². The first kappa shape index (κ1) is 69.5. The third-order valence-electron chi connectivity index (χ3n) is 16.7. The number of hydrogen-bond donors (Lipinski definition) is 2. The number of amides is 7. The van der Waals surface area contributed by atoms with Gasteiger partial charge in [-0.05, 0) is 163 Å². The number of ether oxygens (including phenoxy) is 3. The van der Waals surface area contributed by atoms with Crippen LogP contribution in [0.2, 0.25) is 0 Å². The zero-order valence-corrected chi connectivity index (χ0v) is 54.5. The van der Waals surface area contributed by atoms with Crippen molar-refractivity contribution in [1.82, 2.24) is 24.9 Å². The standard InChI is InChI=1S/C36H45F3N4O6S.C28H39F3N4O4S/c1-23(2)43(25-13-9-17-41(21-25)33(47)49-34(3,4)5)30(44)26-19-28-29(20-27(26)36(37,38)39)50-35(14-10-15-35)31(45)42(28)18-16-40-32(46)48-22-24-11-7-6-8-12-24;1-17(2)35(18-8-6-12-33(16-18)25(38)39-26(3,4)5)23(36)19-14-21-22(15-20(19)28(29,30)31)40-27(9-7-10-27)24(37)34(21)13-11-32/h6-8,11-12,19-20,23,25H,9-10,13-18,21-22H2,1-5H3,(H,40,46);14-15,17-18H,6-13,16,32H2,1-5H3/t25-;18-/m11/s1. The summed E-state index contributed by atoms with van der Waals surface area (Å²) >= 11 is 2.29. The maximum atomic E-state index is 14.8. The Hall–Kier alpha value is -6.41. The molecule has 26 heteroatoms. The van der Waals surface area contributed by atoms with Gasteiger partial charge in [-0.3, -0.25) is 19.2 Å². The Labute approximate surface area is 530 Å². The van der Waals surface area contributed by atoms with Crippen molar-refractivity contribution in [3.8, 4) is 0 Å². The Kier molecular flexibility index (Phi) is 21.2. The molecule has 9 rings (SSSR count). The molecule has 0 aromatic heterocycles. The molecule has 2 atom stereocenters. The highest BCUT2D eigenvalue weighted by Gasteiger charge is 2.54. The SMILES string of the molecule is CC(C)N(C(=O)c1cc2c(cc1C(F)(F)F)SC1(CCC1)C(=O)N2CCN)[C@@H]1CCCN(C(=O)OC(C)(C)C)C1.CC(C)N(C(=O)c1cc2c(cc1C(F)(F)F)SC1(CCC1)C(=O)N2CCNC(=O)OCc1ccccc1)[C@@H]1CCCN(C(=O)OC(C)(C)C)C1. The van der Waals surface area contributed by atoms with Crippen molar-refractivity contribution < 1.29 is 74.1 Å². The van der Waals surface area contributed by atoms with Crippen LogP contribution >= 0.6 is 23.5 Å². The maximum Gasteiger partial charge on any atom is 0.417 e. The first-order valence-electron chi connectivity index (χ1n) is 30.8. The molecule has 3 N–H and O–H groups in total. The molecule has 3 aromatic rings. The highest BCUT2D eigenvalue weighted by Crippen LogP contribution is 2.58. The normalized spacial score (nSPS) is 19.7. The van der Waals surface area contributed by atoms with E-state index < -0.39 is 110 Å². The number of nitrogens with two attached hydrogens (primary N) is 1. The van der Waals surface area contributed by atoms with Gasteiger partial charge in [0, 0.05) is 74.2 Å². The fourth-order valence-electron chi connectivity index (χ4n) is 12.3. The van der Waals surface area contributed by atoms with Gasteiger partial charge < -0.3 is 54.7 Å². The average Bonchev–Trinajstić information content (AvgIpc) is 0.741. The number of piperidine rings is 2. The Morgan fingerprint density at radius 3 is 1.40 bits per heavy atom. The molecule has 4 heterocycles. The van der Waals surface area contributed by atoms with Crippen molar-refractivity contribution >= 4 is 76.8 Å². The number of halogens is 6. The number of alkyl halides is 6. The van der Waals surface area contributed by atoms with Gasteiger partial charge in [0.1, 0.15) is 17.8 Å². The van der Waals surface area contributed by atoms with E-state index >= 15 is 0 Å². The fourth-order valence-corrected chi connectivity index (χ4v) is 15.4. The molecular formula is C64H84F6N8O10S2. The molecule has 494 valence electrons. The molecule has 2 aliphatic carbocycles. The highest BCUT2D eigenvalue weighted by atomic mass is 32.2. The van der Waals surface area contributed by atoms with Crippen LogP contribution in [-0.2, 0) is 42.8 Å². The minimum absolute atomic E-state index is 0.0233. The van der Waals surface area contributed by atoms with E-state index in [1.165, 1.54) is 53.3 Å². The predicted octanol–water partition coefficient (Wildman–Crippen LogP) is 12.5. The molecule has 2 saturated carbocycles. The molecule has 4 fully saturated rings. The smallest absolute Gasteiger partial charge is 0.417 e. The summed E-state index contributed by atoms with van der Waals surface area (Å²) in [5, 5.41) is 2.63. The summed E-state index contributed by atoms with van der Waals surface area (Å²) in [7, 11) is 0. The van der Waals surface area contributed by atoms with E-state index in [0.717, 1.165) is 42.3 Å². The van der Waals surface area contributed by atoms with Crippen LogP contribution in [0.5, 0.6) is 0 Å². The van der Waals surface area contributed by atoms with E-state index in [2.05, 4.69) is 5.32 Å². The molecule has 18 nitrogen and oxygen atoms in total. The molecule has 0 radical (unpaired) electrons. The summed E-state index contributed by atoms with van der Waals surface area (Å²) in [6.45, 7) is 18.8. The highest BCUT2D eigenvalue weighted by molar-refractivity contribution is 8.02. The third-order valence-corrected chi connectivity index (χ3v) is 19.7. The number of nitrogens with zero attached hydrogens (tertiary/aromatic N) is 6. The van der Waals surface area contributed by atoms with Crippen LogP contribution in [0.1, 0.15) is 171 Å². The molecule has 2 spiro atoms. The van der Waals surface area contributed by atoms with E-state index in [1.54, 1.807) is 69.2 Å². The number of carbonyl (C=O) groups excluding carboxylic acids is 7. The second-order valence-electron chi connectivity index (χ2n) is 26.4. The molecule has 3 aromatic carbocycles. The summed E-state index contributed by atoms with van der Waals surface area (Å²) in [6, 6.07) is 11.5. The maximum absolute atomic E-state index is 14.8. The van der Waals surface area contributed by atoms with Crippen LogP contribution < -0.4 is 20.9 Å². The minimum Gasteiger partial charge on any atom is -0.445 e. The number of carbonyl (C=O) groups is 7. The van der Waals surface area contributed by atoms with Crippen molar-refractivity contribution in [2.45, 2.75) is 207 Å². The van der Waals surface area contributed by atoms with Gasteiger partial charge in [0.25, 0.3) is 11.8 Å². The van der Waals surface area contributed by atoms with Crippen LogP contribution in [0.15, 0.2) is 64.4 Å². The largest absolute Gasteiger partial charge is 0.445 e. The molecular weight excluding hydrogens is 1220 g/mol. The number of rotatable bonds is 13. The van der Waals surface area contributed by atoms with E-state index in [1.807, 2.05) is 30.3 Å². The molecule has 90 heavy (non-hydrogen) atoms. The average molecular weight is 1300 g/mol. The van der Waals surface area contributed by atoms with E-state index in [9.17, 15) is 59.9 Å². The lowest BCUT2D eigenvalue weighted by Crippen LogP contribution is -2.55. The molecule has 0 unspecified atom stereocenters. The molecule has 4 aliphatic heterocycles. The second-order valence-corrected chi connectivity index (χ2v) is 29.2.